The lowest BCUT2D eigenvalue weighted by Crippen LogP contribution is -2.28. The maximum atomic E-state index is 12.6. The van der Waals surface area contributed by atoms with E-state index < -0.39 is 0 Å². The van der Waals surface area contributed by atoms with E-state index in [-0.39, 0.29) is 5.91 Å². The number of methoxy groups -OCH3 is 1. The van der Waals surface area contributed by atoms with Crippen molar-refractivity contribution in [3.63, 3.8) is 0 Å². The number of rotatable bonds is 5. The molecule has 0 aliphatic heterocycles. The van der Waals surface area contributed by atoms with Gasteiger partial charge in [-0.25, -0.2) is 0 Å². The molecule has 126 valence electrons. The molecular weight excluding hydrogens is 300 g/mol. The first-order valence-corrected chi connectivity index (χ1v) is 8.47. The van der Waals surface area contributed by atoms with E-state index >= 15 is 0 Å². The second-order valence-corrected chi connectivity index (χ2v) is 6.47. The van der Waals surface area contributed by atoms with Crippen LogP contribution < -0.4 is 4.74 Å². The molecule has 2 aromatic rings. The lowest BCUT2D eigenvalue weighted by Gasteiger charge is -2.27. The van der Waals surface area contributed by atoms with E-state index in [4.69, 9.17) is 4.74 Å². The number of ether oxygens (including phenoxy) is 1. The molecule has 3 rings (SSSR count). The van der Waals surface area contributed by atoms with Crippen molar-refractivity contribution < 1.29 is 9.53 Å². The molecule has 1 amide bonds. The highest BCUT2D eigenvalue weighted by molar-refractivity contribution is 5.77. The van der Waals surface area contributed by atoms with Crippen molar-refractivity contribution in [2.75, 3.05) is 14.2 Å². The van der Waals surface area contributed by atoms with Crippen molar-refractivity contribution in [1.29, 1.82) is 0 Å². The molecule has 1 aromatic carbocycles. The third kappa shape index (κ3) is 3.75. The van der Waals surface area contributed by atoms with Gasteiger partial charge >= 0.3 is 0 Å². The number of aromatic nitrogens is 1. The summed E-state index contributed by atoms with van der Waals surface area (Å²) in [4.78, 5) is 18.5. The molecule has 1 aliphatic carbocycles. The van der Waals surface area contributed by atoms with Crippen LogP contribution in [0.25, 0.3) is 0 Å². The highest BCUT2D eigenvalue weighted by Crippen LogP contribution is 2.36. The summed E-state index contributed by atoms with van der Waals surface area (Å²) < 4.78 is 5.32. The Morgan fingerprint density at radius 3 is 3.00 bits per heavy atom. The Morgan fingerprint density at radius 2 is 2.25 bits per heavy atom. The van der Waals surface area contributed by atoms with Crippen LogP contribution in [-0.2, 0) is 17.8 Å². The van der Waals surface area contributed by atoms with Crippen LogP contribution in [0.5, 0.6) is 5.75 Å². The first kappa shape index (κ1) is 16.5. The van der Waals surface area contributed by atoms with Gasteiger partial charge in [0.1, 0.15) is 5.75 Å². The van der Waals surface area contributed by atoms with Crippen molar-refractivity contribution in [3.8, 4) is 5.75 Å². The summed E-state index contributed by atoms with van der Waals surface area (Å²) >= 11 is 0. The van der Waals surface area contributed by atoms with Crippen LogP contribution >= 0.6 is 0 Å². The van der Waals surface area contributed by atoms with Gasteiger partial charge < -0.3 is 9.64 Å². The Hall–Kier alpha value is -2.36. The van der Waals surface area contributed by atoms with Crippen LogP contribution in [0.2, 0.25) is 0 Å². The molecular formula is C20H24N2O2. The summed E-state index contributed by atoms with van der Waals surface area (Å²) in [6.07, 6.45) is 7.40. The minimum atomic E-state index is 0.188. The van der Waals surface area contributed by atoms with Gasteiger partial charge in [0.25, 0.3) is 0 Å². The van der Waals surface area contributed by atoms with E-state index in [1.165, 1.54) is 11.1 Å². The van der Waals surface area contributed by atoms with Crippen LogP contribution in [0, 0.1) is 0 Å². The molecule has 0 fully saturated rings. The van der Waals surface area contributed by atoms with Crippen molar-refractivity contribution in [2.24, 2.45) is 0 Å². The van der Waals surface area contributed by atoms with Crippen molar-refractivity contribution in [2.45, 2.75) is 38.1 Å². The third-order valence-electron chi connectivity index (χ3n) is 4.78. The van der Waals surface area contributed by atoms with Gasteiger partial charge in [0.05, 0.1) is 7.11 Å². The largest absolute Gasteiger partial charge is 0.497 e. The van der Waals surface area contributed by atoms with Gasteiger partial charge in [0.15, 0.2) is 0 Å². The van der Waals surface area contributed by atoms with E-state index in [1.807, 2.05) is 31.4 Å². The first-order valence-electron chi connectivity index (χ1n) is 8.47. The molecule has 0 radical (unpaired) electrons. The van der Waals surface area contributed by atoms with Crippen LogP contribution in [0.3, 0.4) is 0 Å². The Balaban J connectivity index is 1.67. The van der Waals surface area contributed by atoms with E-state index in [1.54, 1.807) is 18.2 Å². The topological polar surface area (TPSA) is 42.4 Å². The van der Waals surface area contributed by atoms with Gasteiger partial charge in [0, 0.05) is 32.4 Å². The molecule has 1 heterocycles. The lowest BCUT2D eigenvalue weighted by molar-refractivity contribution is -0.130. The monoisotopic (exact) mass is 324 g/mol. The Kier molecular flexibility index (Phi) is 5.14. The number of hydrogen-bond donors (Lipinski definition) is 0. The fraction of sp³-hybridized carbons (Fsp3) is 0.400. The third-order valence-corrected chi connectivity index (χ3v) is 4.78. The molecule has 1 atom stereocenters. The molecule has 1 unspecified atom stereocenters. The second kappa shape index (κ2) is 7.47. The predicted octanol–water partition coefficient (Wildman–Crippen LogP) is 3.56. The molecule has 0 saturated heterocycles. The minimum absolute atomic E-state index is 0.188. The summed E-state index contributed by atoms with van der Waals surface area (Å²) in [5.74, 6) is 1.39. The average molecular weight is 324 g/mol. The molecule has 0 bridgehead atoms. The summed E-state index contributed by atoms with van der Waals surface area (Å²) in [6, 6.07) is 10.1. The van der Waals surface area contributed by atoms with Crippen LogP contribution in [-0.4, -0.2) is 29.9 Å². The zero-order valence-corrected chi connectivity index (χ0v) is 14.4. The number of pyridine rings is 1. The number of fused-ring (bicyclic) bond motifs is 1. The van der Waals surface area contributed by atoms with Gasteiger partial charge in [-0.15, -0.1) is 0 Å². The van der Waals surface area contributed by atoms with Crippen molar-refractivity contribution in [3.05, 3.63) is 59.4 Å². The normalized spacial score (nSPS) is 16.3. The fourth-order valence-electron chi connectivity index (χ4n) is 3.45. The van der Waals surface area contributed by atoms with E-state index in [9.17, 15) is 4.79 Å². The fourth-order valence-corrected chi connectivity index (χ4v) is 3.45. The molecule has 0 saturated carbocycles. The second-order valence-electron chi connectivity index (χ2n) is 6.47. The first-order chi connectivity index (χ1) is 11.7. The number of benzene rings is 1. The maximum absolute atomic E-state index is 12.6. The number of carbonyl (C=O) groups is 1. The number of carbonyl (C=O) groups excluding carboxylic acids is 1. The smallest absolute Gasteiger partial charge is 0.223 e. The van der Waals surface area contributed by atoms with Crippen LogP contribution in [0.1, 0.15) is 41.9 Å². The van der Waals surface area contributed by atoms with Crippen LogP contribution in [0.4, 0.5) is 0 Å². The molecule has 0 spiro atoms. The number of hydrogen-bond acceptors (Lipinski definition) is 3. The van der Waals surface area contributed by atoms with E-state index in [0.717, 1.165) is 30.6 Å². The van der Waals surface area contributed by atoms with Gasteiger partial charge in [-0.3, -0.25) is 9.78 Å². The Labute approximate surface area is 143 Å². The number of nitrogens with zero attached hydrogens (tertiary/aromatic N) is 2. The predicted molar refractivity (Wildman–Crippen MR) is 94.0 cm³/mol. The quantitative estimate of drug-likeness (QED) is 0.844. The molecule has 0 N–H and O–H groups in total. The van der Waals surface area contributed by atoms with Gasteiger partial charge in [0.2, 0.25) is 5.91 Å². The maximum Gasteiger partial charge on any atom is 0.223 e. The summed E-state index contributed by atoms with van der Waals surface area (Å²) in [5, 5.41) is 0. The molecule has 1 aliphatic rings. The summed E-state index contributed by atoms with van der Waals surface area (Å²) in [5.41, 5.74) is 3.70. The standard InChI is InChI=1S/C20H24N2O2/c1-22(14-15-5-4-10-21-13-15)20(23)12-17-7-3-6-16-11-18(24-2)8-9-19(16)17/h4-5,8-11,13,17H,3,6-7,12,14H2,1-2H3. The highest BCUT2D eigenvalue weighted by atomic mass is 16.5. The SMILES string of the molecule is COc1ccc2c(c1)CCCC2CC(=O)N(C)Cc1cccnc1. The Bertz CT molecular complexity index is 700. The van der Waals surface area contributed by atoms with Gasteiger partial charge in [-0.1, -0.05) is 12.1 Å². The van der Waals surface area contributed by atoms with Gasteiger partial charge in [-0.2, -0.15) is 0 Å². The molecule has 24 heavy (non-hydrogen) atoms. The highest BCUT2D eigenvalue weighted by Gasteiger charge is 2.24. The minimum Gasteiger partial charge on any atom is -0.497 e. The lowest BCUT2D eigenvalue weighted by atomic mass is 9.80. The molecule has 4 heteroatoms. The zero-order chi connectivity index (χ0) is 16.9. The molecule has 4 nitrogen and oxygen atoms in total. The molecule has 1 aromatic heterocycles. The van der Waals surface area contributed by atoms with Gasteiger partial charge in [-0.05, 0) is 60.1 Å². The Morgan fingerprint density at radius 1 is 1.38 bits per heavy atom. The summed E-state index contributed by atoms with van der Waals surface area (Å²) in [6.45, 7) is 0.606. The van der Waals surface area contributed by atoms with E-state index in [2.05, 4.69) is 17.1 Å². The number of amides is 1. The summed E-state index contributed by atoms with van der Waals surface area (Å²) in [7, 11) is 3.56. The number of aryl methyl sites for hydroxylation is 1. The van der Waals surface area contributed by atoms with E-state index in [0.29, 0.717) is 18.9 Å². The van der Waals surface area contributed by atoms with Crippen molar-refractivity contribution >= 4 is 5.91 Å². The zero-order valence-electron chi connectivity index (χ0n) is 14.4. The van der Waals surface area contributed by atoms with Crippen molar-refractivity contribution in [1.82, 2.24) is 9.88 Å². The van der Waals surface area contributed by atoms with Crippen LogP contribution in [0.15, 0.2) is 42.7 Å². The average Bonchev–Trinajstić information content (AvgIpc) is 2.62.